The number of thiocarbonyl (C=S) groups is 1. The van der Waals surface area contributed by atoms with Crippen LogP contribution in [0.1, 0.15) is 34.7 Å². The van der Waals surface area contributed by atoms with Crippen LogP contribution in [0.25, 0.3) is 5.69 Å². The quantitative estimate of drug-likeness (QED) is 0.277. The van der Waals surface area contributed by atoms with Crippen LogP contribution < -0.4 is 19.9 Å². The fraction of sp³-hybridized carbons (Fsp3) is 0.290. The van der Waals surface area contributed by atoms with Gasteiger partial charge in [0.2, 0.25) is 0 Å². The highest BCUT2D eigenvalue weighted by atomic mass is 35.5. The Labute approximate surface area is 245 Å². The number of aromatic nitrogens is 2. The van der Waals surface area contributed by atoms with Gasteiger partial charge in [-0.3, -0.25) is 4.98 Å². The van der Waals surface area contributed by atoms with Crippen molar-refractivity contribution in [2.24, 2.45) is 0 Å². The van der Waals surface area contributed by atoms with Gasteiger partial charge in [-0.05, 0) is 92.3 Å². The molecule has 4 aromatic rings. The van der Waals surface area contributed by atoms with E-state index in [1.165, 1.54) is 11.3 Å². The van der Waals surface area contributed by atoms with Crippen molar-refractivity contribution in [2.75, 3.05) is 43.2 Å². The van der Waals surface area contributed by atoms with Crippen LogP contribution in [0, 0.1) is 13.8 Å². The van der Waals surface area contributed by atoms with Gasteiger partial charge in [-0.15, -0.1) is 0 Å². The van der Waals surface area contributed by atoms with E-state index in [0.717, 1.165) is 54.8 Å². The summed E-state index contributed by atoms with van der Waals surface area (Å²) >= 11 is 12.5. The molecule has 2 aromatic carbocycles. The lowest BCUT2D eigenvalue weighted by Crippen LogP contribution is -2.36. The van der Waals surface area contributed by atoms with E-state index in [1.807, 2.05) is 42.6 Å². The summed E-state index contributed by atoms with van der Waals surface area (Å²) in [6.45, 7) is 7.70. The van der Waals surface area contributed by atoms with Crippen LogP contribution in [0.5, 0.6) is 5.75 Å². The third-order valence-electron chi connectivity index (χ3n) is 7.78. The highest BCUT2D eigenvalue weighted by Gasteiger charge is 2.42. The molecule has 0 saturated carbocycles. The van der Waals surface area contributed by atoms with Gasteiger partial charge in [-0.25, -0.2) is 0 Å². The molecular weight excluding hydrogens is 542 g/mol. The Morgan fingerprint density at radius 3 is 2.38 bits per heavy atom. The van der Waals surface area contributed by atoms with Gasteiger partial charge < -0.3 is 29.2 Å². The number of aryl methyl sites for hydroxylation is 1. The molecule has 0 unspecified atom stereocenters. The van der Waals surface area contributed by atoms with E-state index in [9.17, 15) is 0 Å². The fourth-order valence-corrected chi connectivity index (χ4v) is 6.47. The molecule has 0 bridgehead atoms. The zero-order valence-electron chi connectivity index (χ0n) is 22.8. The normalized spacial score (nSPS) is 19.1. The number of hydrogen-bond acceptors (Lipinski definition) is 5. The molecule has 206 valence electrons. The second-order valence-corrected chi connectivity index (χ2v) is 10.9. The first-order valence-electron chi connectivity index (χ1n) is 13.4. The third-order valence-corrected chi connectivity index (χ3v) is 8.39. The van der Waals surface area contributed by atoms with Crippen molar-refractivity contribution in [2.45, 2.75) is 25.9 Å². The lowest BCUT2D eigenvalue weighted by molar-refractivity contribution is 0.122. The number of hydrogen-bond donors (Lipinski definition) is 1. The maximum Gasteiger partial charge on any atom is 0.174 e. The van der Waals surface area contributed by atoms with Gasteiger partial charge in [-0.2, -0.15) is 0 Å². The van der Waals surface area contributed by atoms with E-state index in [-0.39, 0.29) is 12.1 Å². The van der Waals surface area contributed by atoms with Crippen LogP contribution in [0.2, 0.25) is 5.02 Å². The van der Waals surface area contributed by atoms with Gasteiger partial charge >= 0.3 is 0 Å². The van der Waals surface area contributed by atoms with E-state index in [2.05, 4.69) is 63.9 Å². The average Bonchev–Trinajstić information content (AvgIpc) is 3.48. The number of methoxy groups -OCH3 is 1. The summed E-state index contributed by atoms with van der Waals surface area (Å²) in [6.07, 6.45) is 1.82. The molecule has 2 aliphatic heterocycles. The summed E-state index contributed by atoms with van der Waals surface area (Å²) in [4.78, 5) is 9.22. The smallest absolute Gasteiger partial charge is 0.174 e. The first kappa shape index (κ1) is 26.6. The second kappa shape index (κ2) is 11.1. The maximum atomic E-state index is 6.57. The number of nitrogens with zero attached hydrogens (tertiary/aromatic N) is 4. The minimum Gasteiger partial charge on any atom is -0.495 e. The molecule has 9 heteroatoms. The standard InChI is InChI=1S/C31H32ClN5O2S/c1-20-18-25(21(2)36(20)23-9-7-22(8-10-23)35-14-16-39-17-15-35)30-29(27-6-4-5-13-33-27)34-31(40)37(30)24-11-12-28(38-3)26(32)19-24/h4-13,18-19,29-30H,14-17H2,1-3H3,(H,34,40)/t29-,30-/m1/s1. The minimum absolute atomic E-state index is 0.139. The highest BCUT2D eigenvalue weighted by molar-refractivity contribution is 7.80. The number of nitrogens with one attached hydrogen (secondary N) is 1. The molecule has 2 saturated heterocycles. The molecule has 6 rings (SSSR count). The van der Waals surface area contributed by atoms with E-state index in [1.54, 1.807) is 7.11 Å². The molecular formula is C31H32ClN5O2S. The molecule has 0 radical (unpaired) electrons. The summed E-state index contributed by atoms with van der Waals surface area (Å²) in [6, 6.07) is 22.5. The third kappa shape index (κ3) is 4.80. The van der Waals surface area contributed by atoms with Crippen molar-refractivity contribution in [3.8, 4) is 11.4 Å². The average molecular weight is 574 g/mol. The first-order valence-corrected chi connectivity index (χ1v) is 14.2. The number of pyridine rings is 1. The van der Waals surface area contributed by atoms with Crippen molar-refractivity contribution >= 4 is 40.3 Å². The van der Waals surface area contributed by atoms with E-state index >= 15 is 0 Å². The van der Waals surface area contributed by atoms with Gasteiger partial charge in [-0.1, -0.05) is 17.7 Å². The van der Waals surface area contributed by atoms with Gasteiger partial charge in [0.15, 0.2) is 5.11 Å². The zero-order valence-corrected chi connectivity index (χ0v) is 24.4. The largest absolute Gasteiger partial charge is 0.495 e. The summed E-state index contributed by atoms with van der Waals surface area (Å²) in [5, 5.41) is 4.71. The predicted molar refractivity (Wildman–Crippen MR) is 164 cm³/mol. The number of ether oxygens (including phenoxy) is 2. The molecule has 0 spiro atoms. The maximum absolute atomic E-state index is 6.57. The van der Waals surface area contributed by atoms with Crippen molar-refractivity contribution in [1.29, 1.82) is 0 Å². The Morgan fingerprint density at radius 1 is 0.975 bits per heavy atom. The zero-order chi connectivity index (χ0) is 27.8. The van der Waals surface area contributed by atoms with Crippen LogP contribution in [0.4, 0.5) is 11.4 Å². The topological polar surface area (TPSA) is 54.8 Å². The number of rotatable bonds is 6. The number of halogens is 1. The lowest BCUT2D eigenvalue weighted by Gasteiger charge is -2.29. The number of morpholine rings is 1. The summed E-state index contributed by atoms with van der Waals surface area (Å²) in [5.74, 6) is 0.625. The fourth-order valence-electron chi connectivity index (χ4n) is 5.87. The monoisotopic (exact) mass is 573 g/mol. The first-order chi connectivity index (χ1) is 19.5. The summed E-state index contributed by atoms with van der Waals surface area (Å²) in [7, 11) is 1.62. The highest BCUT2D eigenvalue weighted by Crippen LogP contribution is 2.45. The van der Waals surface area contributed by atoms with Crippen LogP contribution >= 0.6 is 23.8 Å². The Bertz CT molecular complexity index is 1520. The Hall–Kier alpha value is -3.59. The number of anilines is 2. The van der Waals surface area contributed by atoms with Crippen molar-refractivity contribution in [3.05, 3.63) is 101 Å². The molecule has 7 nitrogen and oxygen atoms in total. The number of benzene rings is 2. The second-order valence-electron chi connectivity index (χ2n) is 10.1. The van der Waals surface area contributed by atoms with Crippen molar-refractivity contribution in [1.82, 2.24) is 14.9 Å². The van der Waals surface area contributed by atoms with E-state index in [0.29, 0.717) is 15.9 Å². The molecule has 0 amide bonds. The molecule has 2 aromatic heterocycles. The Kier molecular flexibility index (Phi) is 7.40. The predicted octanol–water partition coefficient (Wildman–Crippen LogP) is 6.16. The van der Waals surface area contributed by atoms with Crippen molar-refractivity contribution < 1.29 is 9.47 Å². The molecule has 40 heavy (non-hydrogen) atoms. The van der Waals surface area contributed by atoms with Crippen LogP contribution in [0.15, 0.2) is 72.9 Å². The lowest BCUT2D eigenvalue weighted by atomic mass is 9.96. The van der Waals surface area contributed by atoms with Crippen LogP contribution in [-0.4, -0.2) is 48.1 Å². The minimum atomic E-state index is -0.146. The molecule has 1 N–H and O–H groups in total. The molecule has 2 aliphatic rings. The van der Waals surface area contributed by atoms with Gasteiger partial charge in [0.25, 0.3) is 0 Å². The molecule has 2 fully saturated rings. The molecule has 2 atom stereocenters. The Morgan fingerprint density at radius 2 is 1.70 bits per heavy atom. The molecule has 4 heterocycles. The summed E-state index contributed by atoms with van der Waals surface area (Å²) in [5.41, 5.74) is 7.64. The Balaban J connectivity index is 1.42. The van der Waals surface area contributed by atoms with Gasteiger partial charge in [0, 0.05) is 47.7 Å². The van der Waals surface area contributed by atoms with E-state index in [4.69, 9.17) is 38.3 Å². The van der Waals surface area contributed by atoms with Gasteiger partial charge in [0.05, 0.1) is 43.1 Å². The van der Waals surface area contributed by atoms with Crippen LogP contribution in [-0.2, 0) is 4.74 Å². The summed E-state index contributed by atoms with van der Waals surface area (Å²) < 4.78 is 13.2. The van der Waals surface area contributed by atoms with E-state index < -0.39 is 0 Å². The van der Waals surface area contributed by atoms with Gasteiger partial charge in [0.1, 0.15) is 5.75 Å². The van der Waals surface area contributed by atoms with Crippen LogP contribution in [0.3, 0.4) is 0 Å². The van der Waals surface area contributed by atoms with Crippen molar-refractivity contribution in [3.63, 3.8) is 0 Å². The SMILES string of the molecule is COc1ccc(N2C(=S)N[C@H](c3ccccn3)[C@H]2c2cc(C)n(-c3ccc(N4CCOCC4)cc3)c2C)cc1Cl. The molecule has 0 aliphatic carbocycles.